The van der Waals surface area contributed by atoms with Crippen LogP contribution in [0.3, 0.4) is 0 Å². The third-order valence-electron chi connectivity index (χ3n) is 5.07. The van der Waals surface area contributed by atoms with E-state index in [-0.39, 0.29) is 24.7 Å². The molecule has 0 saturated carbocycles. The van der Waals surface area contributed by atoms with E-state index in [1.165, 1.54) is 7.11 Å². The Labute approximate surface area is 187 Å². The Balaban J connectivity index is 1.76. The van der Waals surface area contributed by atoms with Gasteiger partial charge in [-0.2, -0.15) is 0 Å². The highest BCUT2D eigenvalue weighted by Crippen LogP contribution is 2.21. The molecule has 3 aromatic rings. The highest BCUT2D eigenvalue weighted by atomic mass is 16.5. The van der Waals surface area contributed by atoms with Crippen molar-refractivity contribution in [3.63, 3.8) is 0 Å². The second kappa shape index (κ2) is 11.5. The molecule has 0 aromatic heterocycles. The monoisotopic (exact) mass is 430 g/mol. The number of ether oxygens (including phenoxy) is 1. The first kappa shape index (κ1) is 22.7. The van der Waals surface area contributed by atoms with Crippen molar-refractivity contribution in [3.8, 4) is 0 Å². The predicted octanol–water partition coefficient (Wildman–Crippen LogP) is 3.97. The lowest BCUT2D eigenvalue weighted by Gasteiger charge is -2.22. The van der Waals surface area contributed by atoms with E-state index < -0.39 is 18.1 Å². The third kappa shape index (κ3) is 6.54. The van der Waals surface area contributed by atoms with Crippen LogP contribution in [0.2, 0.25) is 0 Å². The number of amides is 2. The smallest absolute Gasteiger partial charge is 0.307 e. The summed E-state index contributed by atoms with van der Waals surface area (Å²) in [6.45, 7) is 0. The van der Waals surface area contributed by atoms with Crippen molar-refractivity contribution in [1.29, 1.82) is 0 Å². The molecule has 0 radical (unpaired) electrons. The maximum absolute atomic E-state index is 13.0. The van der Waals surface area contributed by atoms with Crippen molar-refractivity contribution in [2.75, 3.05) is 7.11 Å². The molecule has 0 fully saturated rings. The van der Waals surface area contributed by atoms with E-state index in [4.69, 9.17) is 4.74 Å². The largest absolute Gasteiger partial charge is 0.469 e. The molecule has 0 saturated heterocycles. The minimum atomic E-state index is -0.530. The van der Waals surface area contributed by atoms with Crippen molar-refractivity contribution in [1.82, 2.24) is 10.6 Å². The van der Waals surface area contributed by atoms with Gasteiger partial charge in [0.15, 0.2) is 0 Å². The summed E-state index contributed by atoms with van der Waals surface area (Å²) < 4.78 is 4.79. The zero-order chi connectivity index (χ0) is 22.8. The van der Waals surface area contributed by atoms with Gasteiger partial charge in [-0.05, 0) is 23.3 Å². The molecule has 32 heavy (non-hydrogen) atoms. The standard InChI is InChI=1S/C26H26N2O4/c1-32-25(30)18-23(20-13-7-3-8-14-20)27-24(29)17-22(19-11-5-2-6-12-19)28-26(31)21-15-9-4-10-16-21/h2-16,22-23H,17-18H2,1H3,(H,27,29)(H,28,31). The summed E-state index contributed by atoms with van der Waals surface area (Å²) in [6.07, 6.45) is 0.0335. The first-order chi connectivity index (χ1) is 15.6. The van der Waals surface area contributed by atoms with Gasteiger partial charge in [0.1, 0.15) is 0 Å². The van der Waals surface area contributed by atoms with Crippen LogP contribution in [0.15, 0.2) is 91.0 Å². The van der Waals surface area contributed by atoms with Crippen LogP contribution in [0.1, 0.15) is 46.4 Å². The van der Waals surface area contributed by atoms with Crippen LogP contribution in [-0.4, -0.2) is 24.9 Å². The van der Waals surface area contributed by atoms with E-state index in [9.17, 15) is 14.4 Å². The van der Waals surface area contributed by atoms with E-state index in [0.29, 0.717) is 5.56 Å². The van der Waals surface area contributed by atoms with E-state index in [2.05, 4.69) is 10.6 Å². The molecule has 0 aliphatic carbocycles. The highest BCUT2D eigenvalue weighted by Gasteiger charge is 2.23. The van der Waals surface area contributed by atoms with Crippen LogP contribution >= 0.6 is 0 Å². The molecule has 6 heteroatoms. The van der Waals surface area contributed by atoms with Crippen molar-refractivity contribution in [2.24, 2.45) is 0 Å². The summed E-state index contributed by atoms with van der Waals surface area (Å²) in [5.41, 5.74) is 2.13. The molecule has 164 valence electrons. The van der Waals surface area contributed by atoms with Crippen LogP contribution in [-0.2, 0) is 14.3 Å². The molecular weight excluding hydrogens is 404 g/mol. The molecular formula is C26H26N2O4. The van der Waals surface area contributed by atoms with Gasteiger partial charge in [0.2, 0.25) is 5.91 Å². The molecule has 2 unspecified atom stereocenters. The summed E-state index contributed by atoms with van der Waals surface area (Å²) in [5.74, 6) is -0.970. The zero-order valence-electron chi connectivity index (χ0n) is 17.9. The van der Waals surface area contributed by atoms with Gasteiger partial charge in [0.25, 0.3) is 5.91 Å². The van der Waals surface area contributed by atoms with Crippen LogP contribution in [0.25, 0.3) is 0 Å². The van der Waals surface area contributed by atoms with Crippen molar-refractivity contribution in [2.45, 2.75) is 24.9 Å². The quantitative estimate of drug-likeness (QED) is 0.503. The van der Waals surface area contributed by atoms with E-state index in [1.807, 2.05) is 66.7 Å². The topological polar surface area (TPSA) is 84.5 Å². The van der Waals surface area contributed by atoms with Gasteiger partial charge in [0.05, 0.1) is 32.0 Å². The zero-order valence-corrected chi connectivity index (χ0v) is 17.9. The number of benzene rings is 3. The Bertz CT molecular complexity index is 1020. The molecule has 2 atom stereocenters. The molecule has 2 amide bonds. The Morgan fingerprint density at radius 2 is 1.16 bits per heavy atom. The summed E-state index contributed by atoms with van der Waals surface area (Å²) in [6, 6.07) is 26.4. The lowest BCUT2D eigenvalue weighted by Crippen LogP contribution is -2.36. The van der Waals surface area contributed by atoms with Crippen LogP contribution < -0.4 is 10.6 Å². The number of esters is 1. The number of hydrogen-bond donors (Lipinski definition) is 2. The second-order valence-corrected chi connectivity index (χ2v) is 7.32. The molecule has 0 aliphatic heterocycles. The van der Waals surface area contributed by atoms with Gasteiger partial charge in [0, 0.05) is 5.56 Å². The average molecular weight is 431 g/mol. The van der Waals surface area contributed by atoms with Crippen LogP contribution in [0, 0.1) is 0 Å². The molecule has 2 N–H and O–H groups in total. The number of carbonyl (C=O) groups excluding carboxylic acids is 3. The number of carbonyl (C=O) groups is 3. The average Bonchev–Trinajstić information content (AvgIpc) is 2.84. The van der Waals surface area contributed by atoms with E-state index in [0.717, 1.165) is 11.1 Å². The van der Waals surface area contributed by atoms with Gasteiger partial charge in [-0.1, -0.05) is 78.9 Å². The Morgan fingerprint density at radius 3 is 1.66 bits per heavy atom. The van der Waals surface area contributed by atoms with Crippen molar-refractivity contribution < 1.29 is 19.1 Å². The van der Waals surface area contributed by atoms with Gasteiger partial charge >= 0.3 is 5.97 Å². The first-order valence-corrected chi connectivity index (χ1v) is 10.4. The lowest BCUT2D eigenvalue weighted by molar-refractivity contribution is -0.141. The molecule has 3 rings (SSSR count). The summed E-state index contributed by atoms with van der Waals surface area (Å²) >= 11 is 0. The number of hydrogen-bond acceptors (Lipinski definition) is 4. The van der Waals surface area contributed by atoms with Crippen molar-refractivity contribution >= 4 is 17.8 Å². The fourth-order valence-corrected chi connectivity index (χ4v) is 3.39. The Kier molecular flexibility index (Phi) is 8.15. The first-order valence-electron chi connectivity index (χ1n) is 10.4. The number of nitrogens with one attached hydrogen (secondary N) is 2. The molecule has 6 nitrogen and oxygen atoms in total. The molecule has 0 bridgehead atoms. The summed E-state index contributed by atoms with van der Waals surface area (Å²) in [4.78, 5) is 37.6. The highest BCUT2D eigenvalue weighted by molar-refractivity contribution is 5.94. The van der Waals surface area contributed by atoms with Gasteiger partial charge in [-0.25, -0.2) is 0 Å². The van der Waals surface area contributed by atoms with Crippen molar-refractivity contribution in [3.05, 3.63) is 108 Å². The molecule has 3 aromatic carbocycles. The molecule has 0 spiro atoms. The van der Waals surface area contributed by atoms with Crippen LogP contribution in [0.4, 0.5) is 0 Å². The van der Waals surface area contributed by atoms with Crippen LogP contribution in [0.5, 0.6) is 0 Å². The molecule has 0 aliphatic rings. The van der Waals surface area contributed by atoms with E-state index >= 15 is 0 Å². The van der Waals surface area contributed by atoms with Gasteiger partial charge in [-0.3, -0.25) is 14.4 Å². The molecule has 0 heterocycles. The Morgan fingerprint density at radius 1 is 0.688 bits per heavy atom. The summed E-state index contributed by atoms with van der Waals surface area (Å²) in [5, 5.41) is 5.87. The van der Waals surface area contributed by atoms with Gasteiger partial charge < -0.3 is 15.4 Å². The third-order valence-corrected chi connectivity index (χ3v) is 5.07. The second-order valence-electron chi connectivity index (χ2n) is 7.32. The number of methoxy groups -OCH3 is 1. The maximum Gasteiger partial charge on any atom is 0.307 e. The maximum atomic E-state index is 13.0. The predicted molar refractivity (Wildman–Crippen MR) is 122 cm³/mol. The minimum absolute atomic E-state index is 0.0125. The van der Waals surface area contributed by atoms with E-state index in [1.54, 1.807) is 24.3 Å². The van der Waals surface area contributed by atoms with Gasteiger partial charge in [-0.15, -0.1) is 0 Å². The number of rotatable bonds is 9. The Hall–Kier alpha value is -3.93. The minimum Gasteiger partial charge on any atom is -0.469 e. The SMILES string of the molecule is COC(=O)CC(NC(=O)CC(NC(=O)c1ccccc1)c1ccccc1)c1ccccc1. The lowest BCUT2D eigenvalue weighted by atomic mass is 10.0. The fraction of sp³-hybridized carbons (Fsp3) is 0.192. The fourth-order valence-electron chi connectivity index (χ4n) is 3.39. The summed E-state index contributed by atoms with van der Waals surface area (Å²) in [7, 11) is 1.32. The normalized spacial score (nSPS) is 12.3.